The van der Waals surface area contributed by atoms with Crippen LogP contribution in [-0.2, 0) is 5.54 Å². The van der Waals surface area contributed by atoms with E-state index < -0.39 is 0 Å². The van der Waals surface area contributed by atoms with Crippen LogP contribution < -0.4 is 11.1 Å². The smallest absolute Gasteiger partial charge is 0.146 e. The Hall–Kier alpha value is -1.62. The van der Waals surface area contributed by atoms with Crippen molar-refractivity contribution in [3.63, 3.8) is 0 Å². The first kappa shape index (κ1) is 10.9. The molecule has 2 aromatic rings. The van der Waals surface area contributed by atoms with Gasteiger partial charge < -0.3 is 11.1 Å². The van der Waals surface area contributed by atoms with Crippen LogP contribution in [0, 0.1) is 0 Å². The fourth-order valence-electron chi connectivity index (χ4n) is 1.45. The molecule has 5 heteroatoms. The summed E-state index contributed by atoms with van der Waals surface area (Å²) in [6.45, 7) is 4.14. The van der Waals surface area contributed by atoms with Crippen LogP contribution in [0.2, 0.25) is 0 Å². The Bertz CT molecular complexity index is 465. The van der Waals surface area contributed by atoms with Crippen LogP contribution in [0.25, 0.3) is 0 Å². The summed E-state index contributed by atoms with van der Waals surface area (Å²) in [5, 5.41) is 6.34. The Balaban J connectivity index is 2.25. The molecule has 4 nitrogen and oxygen atoms in total. The first-order valence-electron chi connectivity index (χ1n) is 4.98. The molecule has 2 rings (SSSR count). The van der Waals surface area contributed by atoms with Gasteiger partial charge in [-0.25, -0.2) is 9.97 Å². The summed E-state index contributed by atoms with van der Waals surface area (Å²) in [5.41, 5.74) is 6.38. The topological polar surface area (TPSA) is 63.8 Å². The summed E-state index contributed by atoms with van der Waals surface area (Å²) in [7, 11) is 0. The minimum absolute atomic E-state index is 0.245. The van der Waals surface area contributed by atoms with Gasteiger partial charge in [-0.15, -0.1) is 11.3 Å². The second-order valence-corrected chi connectivity index (χ2v) is 4.92. The standard InChI is InChI=1S/C11H14N4S/c1-11(2,10-14-6-7-16-10)15-8-4-3-5-13-9(8)12/h3-7,15H,1-2H3,(H2,12,13). The van der Waals surface area contributed by atoms with Crippen LogP contribution in [0.3, 0.4) is 0 Å². The normalized spacial score (nSPS) is 11.4. The number of hydrogen-bond donors (Lipinski definition) is 2. The van der Waals surface area contributed by atoms with Crippen LogP contribution in [0.4, 0.5) is 11.5 Å². The maximum atomic E-state index is 5.79. The minimum Gasteiger partial charge on any atom is -0.382 e. The van der Waals surface area contributed by atoms with E-state index in [1.807, 2.05) is 17.5 Å². The van der Waals surface area contributed by atoms with Gasteiger partial charge in [0.15, 0.2) is 0 Å². The average Bonchev–Trinajstić information content (AvgIpc) is 2.75. The number of rotatable bonds is 3. The van der Waals surface area contributed by atoms with E-state index in [1.165, 1.54) is 0 Å². The number of hydrogen-bond acceptors (Lipinski definition) is 5. The van der Waals surface area contributed by atoms with E-state index >= 15 is 0 Å². The molecule has 0 saturated heterocycles. The number of anilines is 2. The van der Waals surface area contributed by atoms with Crippen LogP contribution in [0.15, 0.2) is 29.9 Å². The average molecular weight is 234 g/mol. The highest BCUT2D eigenvalue weighted by atomic mass is 32.1. The summed E-state index contributed by atoms with van der Waals surface area (Å²) in [6.07, 6.45) is 3.48. The largest absolute Gasteiger partial charge is 0.382 e. The molecular formula is C11H14N4S. The third-order valence-corrected chi connectivity index (χ3v) is 3.35. The lowest BCUT2D eigenvalue weighted by Gasteiger charge is -2.25. The summed E-state index contributed by atoms with van der Waals surface area (Å²) >= 11 is 1.62. The molecule has 0 aromatic carbocycles. The summed E-state index contributed by atoms with van der Waals surface area (Å²) in [4.78, 5) is 8.35. The second kappa shape index (κ2) is 4.09. The molecule has 0 unspecified atom stereocenters. The van der Waals surface area contributed by atoms with Gasteiger partial charge in [-0.05, 0) is 26.0 Å². The monoisotopic (exact) mass is 234 g/mol. The maximum Gasteiger partial charge on any atom is 0.146 e. The zero-order valence-electron chi connectivity index (χ0n) is 9.27. The van der Waals surface area contributed by atoms with Crippen molar-refractivity contribution in [2.45, 2.75) is 19.4 Å². The fraction of sp³-hybridized carbons (Fsp3) is 0.273. The van der Waals surface area contributed by atoms with Gasteiger partial charge in [0.2, 0.25) is 0 Å². The third kappa shape index (κ3) is 2.14. The molecule has 0 radical (unpaired) electrons. The molecular weight excluding hydrogens is 220 g/mol. The maximum absolute atomic E-state index is 5.79. The highest BCUT2D eigenvalue weighted by Gasteiger charge is 2.23. The van der Waals surface area contributed by atoms with E-state index in [0.717, 1.165) is 10.7 Å². The number of nitrogens with zero attached hydrogens (tertiary/aromatic N) is 2. The number of nitrogens with one attached hydrogen (secondary N) is 1. The van der Waals surface area contributed by atoms with E-state index in [9.17, 15) is 0 Å². The Labute approximate surface area is 98.6 Å². The highest BCUT2D eigenvalue weighted by molar-refractivity contribution is 7.09. The quantitative estimate of drug-likeness (QED) is 0.856. The summed E-state index contributed by atoms with van der Waals surface area (Å²) in [6, 6.07) is 3.77. The lowest BCUT2D eigenvalue weighted by atomic mass is 10.1. The zero-order valence-corrected chi connectivity index (χ0v) is 10.1. The molecule has 2 heterocycles. The van der Waals surface area contributed by atoms with Crippen molar-refractivity contribution in [3.8, 4) is 0 Å². The molecule has 84 valence electrons. The van der Waals surface area contributed by atoms with Gasteiger partial charge in [0.1, 0.15) is 10.8 Å². The van der Waals surface area contributed by atoms with E-state index in [4.69, 9.17) is 5.73 Å². The van der Waals surface area contributed by atoms with Gasteiger partial charge >= 0.3 is 0 Å². The van der Waals surface area contributed by atoms with Crippen molar-refractivity contribution >= 4 is 22.8 Å². The first-order chi connectivity index (χ1) is 7.59. The number of nitrogen functional groups attached to an aromatic ring is 1. The summed E-state index contributed by atoms with van der Waals surface area (Å²) in [5.74, 6) is 0.507. The van der Waals surface area contributed by atoms with Crippen molar-refractivity contribution in [2.75, 3.05) is 11.1 Å². The van der Waals surface area contributed by atoms with Crippen LogP contribution in [0.5, 0.6) is 0 Å². The summed E-state index contributed by atoms with van der Waals surface area (Å²) < 4.78 is 0. The van der Waals surface area contributed by atoms with Gasteiger partial charge in [-0.2, -0.15) is 0 Å². The molecule has 0 fully saturated rings. The lowest BCUT2D eigenvalue weighted by molar-refractivity contribution is 0.604. The van der Waals surface area contributed by atoms with E-state index in [0.29, 0.717) is 5.82 Å². The predicted molar refractivity (Wildman–Crippen MR) is 67.4 cm³/mol. The highest BCUT2D eigenvalue weighted by Crippen LogP contribution is 2.28. The van der Waals surface area contributed by atoms with Gasteiger partial charge in [-0.3, -0.25) is 0 Å². The first-order valence-corrected chi connectivity index (χ1v) is 5.86. The Morgan fingerprint density at radius 3 is 2.75 bits per heavy atom. The van der Waals surface area contributed by atoms with Crippen LogP contribution in [-0.4, -0.2) is 9.97 Å². The van der Waals surface area contributed by atoms with Crippen LogP contribution in [0.1, 0.15) is 18.9 Å². The number of thiazole rings is 1. The molecule has 0 spiro atoms. The van der Waals surface area contributed by atoms with Crippen molar-refractivity contribution in [2.24, 2.45) is 0 Å². The second-order valence-electron chi connectivity index (χ2n) is 4.02. The Kier molecular flexibility index (Phi) is 2.78. The van der Waals surface area contributed by atoms with Gasteiger partial charge in [-0.1, -0.05) is 0 Å². The predicted octanol–water partition coefficient (Wildman–Crippen LogP) is 2.47. The van der Waals surface area contributed by atoms with Gasteiger partial charge in [0, 0.05) is 17.8 Å². The number of pyridine rings is 1. The van der Waals surface area contributed by atoms with E-state index in [2.05, 4.69) is 29.1 Å². The number of nitrogens with two attached hydrogens (primary N) is 1. The molecule has 0 saturated carbocycles. The lowest BCUT2D eigenvalue weighted by Crippen LogP contribution is -2.28. The molecule has 3 N–H and O–H groups in total. The molecule has 16 heavy (non-hydrogen) atoms. The molecule has 0 aliphatic carbocycles. The van der Waals surface area contributed by atoms with Crippen molar-refractivity contribution in [1.82, 2.24) is 9.97 Å². The van der Waals surface area contributed by atoms with Crippen LogP contribution >= 0.6 is 11.3 Å². The van der Waals surface area contributed by atoms with Crippen molar-refractivity contribution in [1.29, 1.82) is 0 Å². The van der Waals surface area contributed by atoms with E-state index in [1.54, 1.807) is 23.7 Å². The fourth-order valence-corrected chi connectivity index (χ4v) is 2.16. The van der Waals surface area contributed by atoms with E-state index in [-0.39, 0.29) is 5.54 Å². The van der Waals surface area contributed by atoms with Gasteiger partial charge in [0.25, 0.3) is 0 Å². The van der Waals surface area contributed by atoms with Crippen molar-refractivity contribution < 1.29 is 0 Å². The SMILES string of the molecule is CC(C)(Nc1cccnc1N)c1nccs1. The molecule has 0 atom stereocenters. The third-order valence-electron chi connectivity index (χ3n) is 2.25. The zero-order chi connectivity index (χ0) is 11.6. The molecule has 0 bridgehead atoms. The van der Waals surface area contributed by atoms with Crippen molar-refractivity contribution in [3.05, 3.63) is 34.9 Å². The molecule has 0 amide bonds. The minimum atomic E-state index is -0.245. The molecule has 0 aliphatic rings. The molecule has 0 aliphatic heterocycles. The number of aromatic nitrogens is 2. The van der Waals surface area contributed by atoms with Gasteiger partial charge in [0.05, 0.1) is 11.2 Å². The molecule has 2 aromatic heterocycles. The Morgan fingerprint density at radius 2 is 2.12 bits per heavy atom. The Morgan fingerprint density at radius 1 is 1.31 bits per heavy atom.